The number of aromatic nitrogens is 1. The van der Waals surface area contributed by atoms with Crippen molar-refractivity contribution in [3.63, 3.8) is 0 Å². The van der Waals surface area contributed by atoms with Crippen molar-refractivity contribution in [1.82, 2.24) is 4.98 Å². The molecule has 0 aliphatic heterocycles. The summed E-state index contributed by atoms with van der Waals surface area (Å²) in [6, 6.07) is 16.3. The zero-order chi connectivity index (χ0) is 20.4. The van der Waals surface area contributed by atoms with E-state index in [1.165, 1.54) is 18.2 Å². The Balaban J connectivity index is 1.68. The second-order valence-electron chi connectivity index (χ2n) is 6.59. The number of carbonyl (C=O) groups excluding carboxylic acids is 1. The van der Waals surface area contributed by atoms with Gasteiger partial charge in [-0.2, -0.15) is 0 Å². The molecule has 1 amide bonds. The van der Waals surface area contributed by atoms with Gasteiger partial charge in [-0.05, 0) is 35.2 Å². The molecule has 0 aliphatic rings. The van der Waals surface area contributed by atoms with Crippen molar-refractivity contribution < 1.29 is 9.72 Å². The number of nitrogens with one attached hydrogen (secondary N) is 2. The fraction of sp³-hybridized carbons (Fsp3) is 0.0952. The number of anilines is 1. The van der Waals surface area contributed by atoms with Gasteiger partial charge in [0.05, 0.1) is 4.92 Å². The second kappa shape index (κ2) is 7.76. The number of nitrogens with two attached hydrogens (primary N) is 1. The molecule has 0 saturated carbocycles. The van der Waals surface area contributed by atoms with Crippen molar-refractivity contribution in [3.05, 3.63) is 92.3 Å². The first kappa shape index (κ1) is 18.7. The average molecular weight is 406 g/mol. The normalized spacial score (nSPS) is 12.0. The molecule has 0 saturated heterocycles. The third kappa shape index (κ3) is 3.70. The van der Waals surface area contributed by atoms with Gasteiger partial charge >= 0.3 is 0 Å². The van der Waals surface area contributed by atoms with E-state index >= 15 is 0 Å². The number of thiophene rings is 1. The highest BCUT2D eigenvalue weighted by Gasteiger charge is 2.22. The Morgan fingerprint density at radius 1 is 1.21 bits per heavy atom. The van der Waals surface area contributed by atoms with Crippen LogP contribution < -0.4 is 11.1 Å². The van der Waals surface area contributed by atoms with E-state index in [0.29, 0.717) is 12.2 Å². The summed E-state index contributed by atoms with van der Waals surface area (Å²) in [5, 5.41) is 17.8. The van der Waals surface area contributed by atoms with Crippen LogP contribution in [-0.4, -0.2) is 22.4 Å². The van der Waals surface area contributed by atoms with Crippen LogP contribution in [0.15, 0.2) is 66.2 Å². The molecule has 8 heteroatoms. The van der Waals surface area contributed by atoms with Crippen LogP contribution in [0.3, 0.4) is 0 Å². The van der Waals surface area contributed by atoms with Crippen LogP contribution in [0.25, 0.3) is 10.9 Å². The van der Waals surface area contributed by atoms with Gasteiger partial charge in [-0.3, -0.25) is 14.9 Å². The lowest BCUT2D eigenvalue weighted by Gasteiger charge is -2.17. The Bertz CT molecular complexity index is 1180. The monoisotopic (exact) mass is 406 g/mol. The highest BCUT2D eigenvalue weighted by Crippen LogP contribution is 2.34. The standard InChI is InChI=1S/C21H18N4O3S/c22-21(26)13-7-8-18(19(10-13)25(27)28)24-12-16(20-6-3-9-29-20)15-11-23-17-5-2-1-4-14(15)17/h1-11,16,23-24H,12H2,(H2,22,26)/t16-/m1/s1. The molecule has 2 heterocycles. The van der Waals surface area contributed by atoms with Crippen LogP contribution in [0.1, 0.15) is 26.7 Å². The Morgan fingerprint density at radius 2 is 2.03 bits per heavy atom. The van der Waals surface area contributed by atoms with Crippen LogP contribution in [0.2, 0.25) is 0 Å². The lowest BCUT2D eigenvalue weighted by atomic mass is 9.96. The number of fused-ring (bicyclic) bond motifs is 1. The fourth-order valence-corrected chi connectivity index (χ4v) is 4.28. The number of carbonyl (C=O) groups is 1. The number of nitrogens with zero attached hydrogens (tertiary/aromatic N) is 1. The average Bonchev–Trinajstić information content (AvgIpc) is 3.39. The predicted octanol–water partition coefficient (Wildman–Crippen LogP) is 4.48. The molecule has 7 nitrogen and oxygen atoms in total. The van der Waals surface area contributed by atoms with Crippen molar-refractivity contribution in [1.29, 1.82) is 0 Å². The molecule has 0 spiro atoms. The third-order valence-corrected chi connectivity index (χ3v) is 5.84. The number of primary amides is 1. The van der Waals surface area contributed by atoms with Crippen LogP contribution in [0, 0.1) is 10.1 Å². The van der Waals surface area contributed by atoms with Gasteiger partial charge in [0.1, 0.15) is 5.69 Å². The highest BCUT2D eigenvalue weighted by atomic mass is 32.1. The van der Waals surface area contributed by atoms with Gasteiger partial charge in [-0.1, -0.05) is 24.3 Å². The van der Waals surface area contributed by atoms with Gasteiger partial charge in [0.25, 0.3) is 5.69 Å². The molecule has 4 aromatic rings. The Labute approximate surface area is 170 Å². The minimum Gasteiger partial charge on any atom is -0.379 e. The molecule has 0 bridgehead atoms. The number of amides is 1. The Kier molecular flexibility index (Phi) is 5.01. The molecule has 0 radical (unpaired) electrons. The van der Waals surface area contributed by atoms with Crippen molar-refractivity contribution in [2.75, 3.05) is 11.9 Å². The number of para-hydroxylation sites is 1. The largest absolute Gasteiger partial charge is 0.379 e. The molecule has 0 fully saturated rings. The van der Waals surface area contributed by atoms with Gasteiger partial charge in [0.2, 0.25) is 5.91 Å². The smallest absolute Gasteiger partial charge is 0.293 e. The zero-order valence-corrected chi connectivity index (χ0v) is 16.1. The first-order valence-corrected chi connectivity index (χ1v) is 9.84. The lowest BCUT2D eigenvalue weighted by molar-refractivity contribution is -0.384. The maximum atomic E-state index is 11.5. The number of aromatic amines is 1. The summed E-state index contributed by atoms with van der Waals surface area (Å²) in [4.78, 5) is 26.8. The molecular formula is C21H18N4O3S. The summed E-state index contributed by atoms with van der Waals surface area (Å²) in [5.41, 5.74) is 7.69. The first-order valence-electron chi connectivity index (χ1n) is 8.96. The van der Waals surface area contributed by atoms with Crippen LogP contribution in [-0.2, 0) is 0 Å². The predicted molar refractivity (Wildman–Crippen MR) is 115 cm³/mol. The van der Waals surface area contributed by atoms with Crippen molar-refractivity contribution >= 4 is 39.5 Å². The molecule has 1 atom stereocenters. The summed E-state index contributed by atoms with van der Waals surface area (Å²) in [5.74, 6) is -0.698. The van der Waals surface area contributed by atoms with E-state index in [-0.39, 0.29) is 17.2 Å². The molecule has 2 aromatic heterocycles. The Morgan fingerprint density at radius 3 is 2.76 bits per heavy atom. The number of hydrogen-bond donors (Lipinski definition) is 3. The van der Waals surface area contributed by atoms with E-state index in [1.54, 1.807) is 11.3 Å². The van der Waals surface area contributed by atoms with Gasteiger partial charge in [-0.15, -0.1) is 11.3 Å². The molecule has 4 N–H and O–H groups in total. The minimum atomic E-state index is -0.699. The van der Waals surface area contributed by atoms with Gasteiger partial charge in [-0.25, -0.2) is 0 Å². The van der Waals surface area contributed by atoms with Gasteiger partial charge in [0, 0.05) is 46.1 Å². The second-order valence-corrected chi connectivity index (χ2v) is 7.57. The number of benzene rings is 2. The lowest BCUT2D eigenvalue weighted by Crippen LogP contribution is -2.15. The zero-order valence-electron chi connectivity index (χ0n) is 15.3. The van der Waals surface area contributed by atoms with Crippen molar-refractivity contribution in [3.8, 4) is 0 Å². The summed E-state index contributed by atoms with van der Waals surface area (Å²) >= 11 is 1.64. The number of nitro benzene ring substituents is 1. The molecule has 0 unspecified atom stereocenters. The molecule has 2 aromatic carbocycles. The number of H-pyrrole nitrogens is 1. The molecule has 29 heavy (non-hydrogen) atoms. The van der Waals surface area contributed by atoms with E-state index in [4.69, 9.17) is 5.73 Å². The van der Waals surface area contributed by atoms with E-state index in [1.807, 2.05) is 35.8 Å². The summed E-state index contributed by atoms with van der Waals surface area (Å²) in [7, 11) is 0. The number of rotatable bonds is 7. The van der Waals surface area contributed by atoms with E-state index in [2.05, 4.69) is 22.4 Å². The first-order chi connectivity index (χ1) is 14.0. The van der Waals surface area contributed by atoms with Gasteiger partial charge < -0.3 is 16.0 Å². The summed E-state index contributed by atoms with van der Waals surface area (Å²) in [6.45, 7) is 0.457. The quantitative estimate of drug-likeness (QED) is 0.310. The molecular weight excluding hydrogens is 388 g/mol. The minimum absolute atomic E-state index is 0.00145. The number of nitro groups is 1. The summed E-state index contributed by atoms with van der Waals surface area (Å²) in [6.07, 6.45) is 1.99. The third-order valence-electron chi connectivity index (χ3n) is 4.86. The topological polar surface area (TPSA) is 114 Å². The maximum absolute atomic E-state index is 11.5. The van der Waals surface area contributed by atoms with Gasteiger partial charge in [0.15, 0.2) is 0 Å². The fourth-order valence-electron chi connectivity index (χ4n) is 3.43. The molecule has 4 rings (SSSR count). The maximum Gasteiger partial charge on any atom is 0.293 e. The van der Waals surface area contributed by atoms with E-state index < -0.39 is 10.8 Å². The summed E-state index contributed by atoms with van der Waals surface area (Å²) < 4.78 is 0. The van der Waals surface area contributed by atoms with Crippen LogP contribution in [0.4, 0.5) is 11.4 Å². The van der Waals surface area contributed by atoms with Crippen molar-refractivity contribution in [2.45, 2.75) is 5.92 Å². The highest BCUT2D eigenvalue weighted by molar-refractivity contribution is 7.10. The Hall–Kier alpha value is -3.65. The van der Waals surface area contributed by atoms with Crippen molar-refractivity contribution in [2.24, 2.45) is 5.73 Å². The SMILES string of the molecule is NC(=O)c1ccc(NC[C@@H](c2cccs2)c2c[nH]c3ccccc23)c([N+](=O)[O-])c1. The number of hydrogen-bond acceptors (Lipinski definition) is 5. The van der Waals surface area contributed by atoms with Crippen LogP contribution >= 0.6 is 11.3 Å². The molecule has 0 aliphatic carbocycles. The molecule has 146 valence electrons. The van der Waals surface area contributed by atoms with E-state index in [9.17, 15) is 14.9 Å². The van der Waals surface area contributed by atoms with E-state index in [0.717, 1.165) is 21.3 Å². The van der Waals surface area contributed by atoms with Crippen LogP contribution in [0.5, 0.6) is 0 Å².